The van der Waals surface area contributed by atoms with Gasteiger partial charge in [0.15, 0.2) is 0 Å². The zero-order valence-electron chi connectivity index (χ0n) is 7.44. The molecule has 1 amide bonds. The van der Waals surface area contributed by atoms with E-state index in [1.54, 1.807) is 0 Å². The van der Waals surface area contributed by atoms with Crippen LogP contribution in [0.5, 0.6) is 0 Å². The molecular weight excluding hydrogens is 178 g/mol. The van der Waals surface area contributed by atoms with Crippen molar-refractivity contribution in [2.45, 2.75) is 26.2 Å². The Labute approximate surface area is 78.4 Å². The summed E-state index contributed by atoms with van der Waals surface area (Å²) in [4.78, 5) is 9.91. The van der Waals surface area contributed by atoms with Crippen molar-refractivity contribution in [3.8, 4) is 0 Å². The van der Waals surface area contributed by atoms with Crippen molar-refractivity contribution in [2.75, 3.05) is 19.0 Å². The van der Waals surface area contributed by atoms with Crippen LogP contribution in [0.15, 0.2) is 0 Å². The highest BCUT2D eigenvalue weighted by Crippen LogP contribution is 1.93. The Morgan fingerprint density at radius 1 is 1.58 bits per heavy atom. The van der Waals surface area contributed by atoms with Crippen LogP contribution in [0.25, 0.3) is 0 Å². The summed E-state index contributed by atoms with van der Waals surface area (Å²) in [5.41, 5.74) is 0. The quantitative estimate of drug-likeness (QED) is 0.551. The maximum atomic E-state index is 9.91. The van der Waals surface area contributed by atoms with Crippen LogP contribution in [0, 0.1) is 0 Å². The minimum absolute atomic E-state index is 0.296. The molecule has 0 unspecified atom stereocenters. The Bertz CT molecular complexity index is 108. The first-order chi connectivity index (χ1) is 5.81. The summed E-state index contributed by atoms with van der Waals surface area (Å²) >= 11 is 5.38. The summed E-state index contributed by atoms with van der Waals surface area (Å²) in [6.07, 6.45) is 3.43. The van der Waals surface area contributed by atoms with Gasteiger partial charge in [0.25, 0.3) is 0 Å². The molecule has 1 saturated heterocycles. The number of alkyl carbamates (subject to hydrolysis) is 1. The predicted octanol–water partition coefficient (Wildman–Crippen LogP) is 2.14. The number of rotatable bonds is 3. The molecule has 0 aliphatic carbocycles. The van der Waals surface area contributed by atoms with Crippen LogP contribution in [-0.2, 0) is 4.74 Å². The fourth-order valence-corrected chi connectivity index (χ4v) is 0.881. The van der Waals surface area contributed by atoms with E-state index < -0.39 is 0 Å². The van der Waals surface area contributed by atoms with Gasteiger partial charge in [-0.15, -0.1) is 11.6 Å². The van der Waals surface area contributed by atoms with Gasteiger partial charge in [-0.25, -0.2) is 4.79 Å². The van der Waals surface area contributed by atoms with Crippen LogP contribution in [0.1, 0.15) is 26.2 Å². The van der Waals surface area contributed by atoms with Crippen LogP contribution < -0.4 is 5.32 Å². The Morgan fingerprint density at radius 2 is 2.33 bits per heavy atom. The minimum Gasteiger partial charge on any atom is -0.448 e. The molecule has 12 heavy (non-hydrogen) atoms. The van der Waals surface area contributed by atoms with E-state index >= 15 is 0 Å². The first kappa shape index (κ1) is 11.6. The average Bonchev–Trinajstić information content (AvgIpc) is 2.53. The Morgan fingerprint density at radius 3 is 2.50 bits per heavy atom. The van der Waals surface area contributed by atoms with Crippen molar-refractivity contribution in [2.24, 2.45) is 0 Å². The summed E-state index contributed by atoms with van der Waals surface area (Å²) in [6, 6.07) is 0. The van der Waals surface area contributed by atoms with Crippen LogP contribution in [-0.4, -0.2) is 25.1 Å². The molecule has 0 spiro atoms. The predicted molar refractivity (Wildman–Crippen MR) is 49.6 cm³/mol. The number of alkyl halides is 1. The maximum absolute atomic E-state index is 9.91. The highest BCUT2D eigenvalue weighted by Gasteiger charge is 2.06. The van der Waals surface area contributed by atoms with E-state index in [0.29, 0.717) is 13.2 Å². The first-order valence-corrected chi connectivity index (χ1v) is 4.81. The molecule has 0 radical (unpaired) electrons. The van der Waals surface area contributed by atoms with E-state index in [9.17, 15) is 4.79 Å². The van der Waals surface area contributed by atoms with E-state index in [1.165, 1.54) is 19.3 Å². The molecule has 4 heteroatoms. The molecule has 1 rings (SSSR count). The summed E-state index contributed by atoms with van der Waals surface area (Å²) < 4.78 is 4.40. The molecule has 0 aromatic rings. The van der Waals surface area contributed by atoms with Gasteiger partial charge in [-0.1, -0.05) is 19.8 Å². The number of cyclic esters (lactones) is 1. The topological polar surface area (TPSA) is 38.3 Å². The average molecular weight is 194 g/mol. The molecule has 0 atom stereocenters. The molecule has 0 saturated carbocycles. The van der Waals surface area contributed by atoms with Gasteiger partial charge in [0, 0.05) is 5.88 Å². The Kier molecular flexibility index (Phi) is 8.34. The van der Waals surface area contributed by atoms with Gasteiger partial charge in [-0.3, -0.25) is 0 Å². The van der Waals surface area contributed by atoms with Gasteiger partial charge >= 0.3 is 6.09 Å². The number of carbonyl (C=O) groups is 1. The smallest absolute Gasteiger partial charge is 0.407 e. The van der Waals surface area contributed by atoms with Gasteiger partial charge < -0.3 is 10.1 Å². The summed E-state index contributed by atoms with van der Waals surface area (Å²) in [5.74, 6) is 0.827. The summed E-state index contributed by atoms with van der Waals surface area (Å²) in [5, 5.41) is 2.46. The molecule has 1 aliphatic rings. The van der Waals surface area contributed by atoms with Crippen molar-refractivity contribution >= 4 is 17.7 Å². The Balaban J connectivity index is 0.000000202. The van der Waals surface area contributed by atoms with Gasteiger partial charge in [0.2, 0.25) is 0 Å². The molecule has 72 valence electrons. The number of carbonyl (C=O) groups excluding carboxylic acids is 1. The second-order valence-corrected chi connectivity index (χ2v) is 2.84. The van der Waals surface area contributed by atoms with E-state index in [1.807, 2.05) is 0 Å². The number of halogens is 1. The number of amides is 1. The molecule has 0 aromatic carbocycles. The zero-order chi connectivity index (χ0) is 9.23. The fourth-order valence-electron chi connectivity index (χ4n) is 0.692. The molecule has 1 fully saturated rings. The monoisotopic (exact) mass is 193 g/mol. The van der Waals surface area contributed by atoms with Crippen molar-refractivity contribution in [1.82, 2.24) is 5.32 Å². The van der Waals surface area contributed by atoms with E-state index in [-0.39, 0.29) is 6.09 Å². The normalized spacial score (nSPS) is 14.3. The number of nitrogens with one attached hydrogen (secondary N) is 1. The van der Waals surface area contributed by atoms with Gasteiger partial charge in [-0.2, -0.15) is 0 Å². The van der Waals surface area contributed by atoms with E-state index in [4.69, 9.17) is 11.6 Å². The lowest BCUT2D eigenvalue weighted by Crippen LogP contribution is -2.11. The van der Waals surface area contributed by atoms with Gasteiger partial charge in [0.05, 0.1) is 6.54 Å². The van der Waals surface area contributed by atoms with Crippen LogP contribution in [0.2, 0.25) is 0 Å². The molecule has 1 N–H and O–H groups in total. The lowest BCUT2D eigenvalue weighted by atomic mass is 10.3. The minimum atomic E-state index is -0.296. The van der Waals surface area contributed by atoms with E-state index in [0.717, 1.165) is 5.88 Å². The standard InChI is InChI=1S/C5H11Cl.C3H5NO2/c1-2-3-4-5-6;5-3-4-1-2-6-3/h2-5H2,1H3;1-2H2,(H,4,5). The molecule has 1 aliphatic heterocycles. The second-order valence-electron chi connectivity index (χ2n) is 2.46. The maximum Gasteiger partial charge on any atom is 0.407 e. The van der Waals surface area contributed by atoms with Crippen molar-refractivity contribution in [1.29, 1.82) is 0 Å². The lowest BCUT2D eigenvalue weighted by molar-refractivity contribution is 0.178. The zero-order valence-corrected chi connectivity index (χ0v) is 8.19. The van der Waals surface area contributed by atoms with Crippen LogP contribution in [0.3, 0.4) is 0 Å². The number of hydrogen-bond donors (Lipinski definition) is 1. The second kappa shape index (κ2) is 8.65. The number of ether oxygens (including phenoxy) is 1. The third-order valence-corrected chi connectivity index (χ3v) is 1.61. The highest BCUT2D eigenvalue weighted by molar-refractivity contribution is 6.17. The van der Waals surface area contributed by atoms with Crippen molar-refractivity contribution < 1.29 is 9.53 Å². The largest absolute Gasteiger partial charge is 0.448 e. The van der Waals surface area contributed by atoms with E-state index in [2.05, 4.69) is 17.0 Å². The highest BCUT2D eigenvalue weighted by atomic mass is 35.5. The number of hydrogen-bond acceptors (Lipinski definition) is 2. The van der Waals surface area contributed by atoms with Crippen LogP contribution in [0.4, 0.5) is 4.79 Å². The first-order valence-electron chi connectivity index (χ1n) is 4.27. The van der Waals surface area contributed by atoms with Crippen molar-refractivity contribution in [3.63, 3.8) is 0 Å². The Hall–Kier alpha value is -0.440. The summed E-state index contributed by atoms with van der Waals surface area (Å²) in [7, 11) is 0. The van der Waals surface area contributed by atoms with Gasteiger partial charge in [0.1, 0.15) is 6.61 Å². The molecule has 3 nitrogen and oxygen atoms in total. The SMILES string of the molecule is CCCCCCl.O=C1NCCO1. The molecule has 0 bridgehead atoms. The van der Waals surface area contributed by atoms with Gasteiger partial charge in [-0.05, 0) is 6.42 Å². The van der Waals surface area contributed by atoms with Crippen LogP contribution >= 0.6 is 11.6 Å². The third kappa shape index (κ3) is 7.66. The van der Waals surface area contributed by atoms with Crippen molar-refractivity contribution in [3.05, 3.63) is 0 Å². The molecule has 0 aromatic heterocycles. The molecule has 1 heterocycles. The summed E-state index contributed by atoms with van der Waals surface area (Å²) in [6.45, 7) is 3.37. The third-order valence-electron chi connectivity index (χ3n) is 1.34. The fraction of sp³-hybridized carbons (Fsp3) is 0.875. The lowest BCUT2D eigenvalue weighted by Gasteiger charge is -1.84. The number of unbranched alkanes of at least 4 members (excludes halogenated alkanes) is 2. The molecular formula is C8H16ClNO2.